The largest absolute Gasteiger partial charge is 0.356 e. The number of rotatable bonds is 5. The number of nitrogens with zero attached hydrogens (tertiary/aromatic N) is 1. The molecule has 0 radical (unpaired) electrons. The Bertz CT molecular complexity index is 366. The molecule has 1 fully saturated rings. The van der Waals surface area contributed by atoms with Crippen LogP contribution >= 0.6 is 11.8 Å². The molecule has 0 spiro atoms. The second-order valence-electron chi connectivity index (χ2n) is 4.39. The minimum atomic E-state index is 0.143. The van der Waals surface area contributed by atoms with Crippen LogP contribution in [-0.4, -0.2) is 41.5 Å². The molecule has 2 rings (SSSR count). The Labute approximate surface area is 112 Å². The SMILES string of the molecule is O=C(CC1CSCCN1)NCCc1ccncc1. The summed E-state index contributed by atoms with van der Waals surface area (Å²) in [6.45, 7) is 1.71. The summed E-state index contributed by atoms with van der Waals surface area (Å²) in [5.41, 5.74) is 1.21. The third-order valence-electron chi connectivity index (χ3n) is 2.92. The first-order valence-electron chi connectivity index (χ1n) is 6.31. The smallest absolute Gasteiger partial charge is 0.221 e. The summed E-state index contributed by atoms with van der Waals surface area (Å²) in [4.78, 5) is 15.7. The summed E-state index contributed by atoms with van der Waals surface area (Å²) in [7, 11) is 0. The lowest BCUT2D eigenvalue weighted by molar-refractivity contribution is -0.121. The molecule has 2 heterocycles. The van der Waals surface area contributed by atoms with Crippen molar-refractivity contribution in [3.8, 4) is 0 Å². The van der Waals surface area contributed by atoms with Crippen molar-refractivity contribution in [1.82, 2.24) is 15.6 Å². The molecule has 5 heteroatoms. The predicted molar refractivity (Wildman–Crippen MR) is 74.7 cm³/mol. The first kappa shape index (κ1) is 13.4. The molecule has 1 aliphatic rings. The average molecular weight is 265 g/mol. The van der Waals surface area contributed by atoms with Crippen LogP contribution in [0.3, 0.4) is 0 Å². The summed E-state index contributed by atoms with van der Waals surface area (Å²) < 4.78 is 0. The Hall–Kier alpha value is -1.07. The van der Waals surface area contributed by atoms with Gasteiger partial charge >= 0.3 is 0 Å². The Morgan fingerprint density at radius 3 is 3.06 bits per heavy atom. The van der Waals surface area contributed by atoms with Crippen molar-refractivity contribution >= 4 is 17.7 Å². The molecule has 0 bridgehead atoms. The molecule has 1 atom stereocenters. The fourth-order valence-electron chi connectivity index (χ4n) is 1.94. The second kappa shape index (κ2) is 7.38. The molecule has 0 aliphatic carbocycles. The average Bonchev–Trinajstić information content (AvgIpc) is 2.41. The van der Waals surface area contributed by atoms with Crippen LogP contribution in [0.2, 0.25) is 0 Å². The van der Waals surface area contributed by atoms with Crippen molar-refractivity contribution in [2.75, 3.05) is 24.6 Å². The number of pyridine rings is 1. The highest BCUT2D eigenvalue weighted by Crippen LogP contribution is 2.09. The van der Waals surface area contributed by atoms with Crippen LogP contribution in [0, 0.1) is 0 Å². The minimum absolute atomic E-state index is 0.143. The maximum atomic E-state index is 11.7. The third-order valence-corrected chi connectivity index (χ3v) is 4.05. The van der Waals surface area contributed by atoms with E-state index in [-0.39, 0.29) is 5.91 Å². The number of thioether (sulfide) groups is 1. The second-order valence-corrected chi connectivity index (χ2v) is 5.54. The van der Waals surface area contributed by atoms with Crippen molar-refractivity contribution in [3.63, 3.8) is 0 Å². The molecule has 0 aromatic carbocycles. The maximum Gasteiger partial charge on any atom is 0.221 e. The standard InChI is InChI=1S/C13H19N3OS/c17-13(9-12-10-18-8-7-15-12)16-6-3-11-1-4-14-5-2-11/h1-2,4-5,12,15H,3,6-10H2,(H,16,17). The van der Waals surface area contributed by atoms with E-state index < -0.39 is 0 Å². The first-order valence-corrected chi connectivity index (χ1v) is 7.47. The van der Waals surface area contributed by atoms with Gasteiger partial charge in [0, 0.05) is 49.5 Å². The van der Waals surface area contributed by atoms with Crippen LogP contribution in [0.25, 0.3) is 0 Å². The lowest BCUT2D eigenvalue weighted by atomic mass is 10.2. The molecule has 98 valence electrons. The van der Waals surface area contributed by atoms with Gasteiger partial charge in [-0.1, -0.05) is 0 Å². The van der Waals surface area contributed by atoms with Gasteiger partial charge in [0.25, 0.3) is 0 Å². The van der Waals surface area contributed by atoms with Crippen molar-refractivity contribution in [1.29, 1.82) is 0 Å². The van der Waals surface area contributed by atoms with Gasteiger partial charge in [0.1, 0.15) is 0 Å². The van der Waals surface area contributed by atoms with Gasteiger partial charge in [0.2, 0.25) is 5.91 Å². The maximum absolute atomic E-state index is 11.7. The van der Waals surface area contributed by atoms with Gasteiger partial charge in [0.15, 0.2) is 0 Å². The molecule has 4 nitrogen and oxygen atoms in total. The Kier molecular flexibility index (Phi) is 5.48. The van der Waals surface area contributed by atoms with Gasteiger partial charge in [-0.05, 0) is 24.1 Å². The zero-order valence-corrected chi connectivity index (χ0v) is 11.2. The molecule has 1 amide bonds. The number of nitrogens with one attached hydrogen (secondary N) is 2. The van der Waals surface area contributed by atoms with Crippen LogP contribution in [0.1, 0.15) is 12.0 Å². The number of carbonyl (C=O) groups excluding carboxylic acids is 1. The number of hydrogen-bond acceptors (Lipinski definition) is 4. The van der Waals surface area contributed by atoms with Crippen molar-refractivity contribution in [2.45, 2.75) is 18.9 Å². The fraction of sp³-hybridized carbons (Fsp3) is 0.538. The van der Waals surface area contributed by atoms with Gasteiger partial charge in [-0.2, -0.15) is 11.8 Å². The van der Waals surface area contributed by atoms with Gasteiger partial charge in [-0.25, -0.2) is 0 Å². The van der Waals surface area contributed by atoms with Crippen molar-refractivity contribution < 1.29 is 4.79 Å². The van der Waals surface area contributed by atoms with E-state index >= 15 is 0 Å². The quantitative estimate of drug-likeness (QED) is 0.828. The van der Waals surface area contributed by atoms with Crippen LogP contribution in [0.4, 0.5) is 0 Å². The molecule has 1 unspecified atom stereocenters. The van der Waals surface area contributed by atoms with Crippen LogP contribution in [0.15, 0.2) is 24.5 Å². The fourth-order valence-corrected chi connectivity index (χ4v) is 2.89. The van der Waals surface area contributed by atoms with E-state index in [1.807, 2.05) is 23.9 Å². The van der Waals surface area contributed by atoms with E-state index in [0.29, 0.717) is 19.0 Å². The van der Waals surface area contributed by atoms with Crippen LogP contribution in [0.5, 0.6) is 0 Å². The molecule has 1 aromatic heterocycles. The van der Waals surface area contributed by atoms with E-state index in [2.05, 4.69) is 15.6 Å². The van der Waals surface area contributed by atoms with Gasteiger partial charge in [-0.3, -0.25) is 9.78 Å². The van der Waals surface area contributed by atoms with E-state index in [0.717, 1.165) is 24.5 Å². The van der Waals surface area contributed by atoms with Crippen LogP contribution in [-0.2, 0) is 11.2 Å². The van der Waals surface area contributed by atoms with Crippen LogP contribution < -0.4 is 10.6 Å². The van der Waals surface area contributed by atoms with E-state index in [1.54, 1.807) is 12.4 Å². The van der Waals surface area contributed by atoms with Gasteiger partial charge in [-0.15, -0.1) is 0 Å². The molecule has 1 aliphatic heterocycles. The van der Waals surface area contributed by atoms with Crippen molar-refractivity contribution in [2.24, 2.45) is 0 Å². The topological polar surface area (TPSA) is 54.0 Å². The van der Waals surface area contributed by atoms with Gasteiger partial charge < -0.3 is 10.6 Å². The summed E-state index contributed by atoms with van der Waals surface area (Å²) in [6, 6.07) is 4.29. The molecular weight excluding hydrogens is 246 g/mol. The molecule has 1 aromatic rings. The highest BCUT2D eigenvalue weighted by atomic mass is 32.2. The van der Waals surface area contributed by atoms with E-state index in [1.165, 1.54) is 5.56 Å². The molecule has 0 saturated carbocycles. The third kappa shape index (κ3) is 4.66. The molecule has 18 heavy (non-hydrogen) atoms. The summed E-state index contributed by atoms with van der Waals surface area (Å²) in [5.74, 6) is 2.34. The monoisotopic (exact) mass is 265 g/mol. The summed E-state index contributed by atoms with van der Waals surface area (Å²) >= 11 is 1.92. The highest BCUT2D eigenvalue weighted by molar-refractivity contribution is 7.99. The number of hydrogen-bond donors (Lipinski definition) is 2. The normalized spacial score (nSPS) is 19.4. The van der Waals surface area contributed by atoms with E-state index in [4.69, 9.17) is 0 Å². The molecular formula is C13H19N3OS. The highest BCUT2D eigenvalue weighted by Gasteiger charge is 2.16. The summed E-state index contributed by atoms with van der Waals surface area (Å²) in [6.07, 6.45) is 5.01. The van der Waals surface area contributed by atoms with Crippen molar-refractivity contribution in [3.05, 3.63) is 30.1 Å². The number of aromatic nitrogens is 1. The lowest BCUT2D eigenvalue weighted by Crippen LogP contribution is -2.41. The predicted octanol–water partition coefficient (Wildman–Crippen LogP) is 0.835. The molecule has 1 saturated heterocycles. The summed E-state index contributed by atoms with van der Waals surface area (Å²) in [5, 5.41) is 6.34. The Balaban J connectivity index is 1.62. The number of carbonyl (C=O) groups is 1. The number of amides is 1. The Morgan fingerprint density at radius 2 is 2.33 bits per heavy atom. The molecule has 2 N–H and O–H groups in total. The zero-order valence-electron chi connectivity index (χ0n) is 10.4. The Morgan fingerprint density at radius 1 is 1.50 bits per heavy atom. The zero-order chi connectivity index (χ0) is 12.6. The van der Waals surface area contributed by atoms with Gasteiger partial charge in [0.05, 0.1) is 0 Å². The lowest BCUT2D eigenvalue weighted by Gasteiger charge is -2.22. The minimum Gasteiger partial charge on any atom is -0.356 e. The van der Waals surface area contributed by atoms with E-state index in [9.17, 15) is 4.79 Å². The first-order chi connectivity index (χ1) is 8.84.